The molecule has 0 amide bonds. The van der Waals surface area contributed by atoms with Crippen molar-refractivity contribution < 1.29 is 9.53 Å². The lowest BCUT2D eigenvalue weighted by atomic mass is 10.1. The monoisotopic (exact) mass is 115 g/mol. The van der Waals surface area contributed by atoms with Crippen LogP contribution in [0.25, 0.3) is 0 Å². The topological polar surface area (TPSA) is 38.3 Å². The summed E-state index contributed by atoms with van der Waals surface area (Å²) in [5, 5.41) is 2.83. The van der Waals surface area contributed by atoms with Crippen LogP contribution in [-0.4, -0.2) is 25.2 Å². The van der Waals surface area contributed by atoms with Crippen LogP contribution < -0.4 is 5.32 Å². The van der Waals surface area contributed by atoms with E-state index >= 15 is 0 Å². The minimum Gasteiger partial charge on any atom is -0.459 e. The Hall–Kier alpha value is -0.570. The number of cyclic esters (lactones) is 1. The minimum atomic E-state index is -0.139. The van der Waals surface area contributed by atoms with E-state index in [-0.39, 0.29) is 18.1 Å². The van der Waals surface area contributed by atoms with Crippen LogP contribution in [0.2, 0.25) is 0 Å². The number of rotatable bonds is 1. The molecule has 1 saturated heterocycles. The average Bonchev–Trinajstić information content (AvgIpc) is 1.67. The highest BCUT2D eigenvalue weighted by atomic mass is 16.6. The minimum absolute atomic E-state index is 0.0602. The first-order valence-corrected chi connectivity index (χ1v) is 2.63. The van der Waals surface area contributed by atoms with Crippen molar-refractivity contribution in [2.75, 3.05) is 7.05 Å². The summed E-state index contributed by atoms with van der Waals surface area (Å²) in [6.45, 7) is 1.86. The summed E-state index contributed by atoms with van der Waals surface area (Å²) < 4.78 is 4.64. The number of hydrogen-bond acceptors (Lipinski definition) is 3. The quantitative estimate of drug-likeness (QED) is 0.469. The lowest BCUT2D eigenvalue weighted by molar-refractivity contribution is -0.174. The molecule has 1 heterocycles. The van der Waals surface area contributed by atoms with Gasteiger partial charge in [-0.25, -0.2) is 0 Å². The van der Waals surface area contributed by atoms with Crippen molar-refractivity contribution in [3.63, 3.8) is 0 Å². The maximum Gasteiger partial charge on any atom is 0.327 e. The Balaban J connectivity index is 2.40. The molecule has 0 radical (unpaired) electrons. The number of nitrogens with one attached hydrogen (secondary N) is 1. The van der Waals surface area contributed by atoms with Crippen molar-refractivity contribution in [3.8, 4) is 0 Å². The molecule has 1 rings (SSSR count). The van der Waals surface area contributed by atoms with Crippen LogP contribution in [0.5, 0.6) is 0 Å². The Morgan fingerprint density at radius 2 is 2.38 bits per heavy atom. The van der Waals surface area contributed by atoms with Crippen LogP contribution in [0.4, 0.5) is 0 Å². The van der Waals surface area contributed by atoms with Crippen molar-refractivity contribution in [1.29, 1.82) is 0 Å². The lowest BCUT2D eigenvalue weighted by Gasteiger charge is -2.31. The van der Waals surface area contributed by atoms with Gasteiger partial charge in [0.25, 0.3) is 0 Å². The highest BCUT2D eigenvalue weighted by Crippen LogP contribution is 2.11. The predicted molar refractivity (Wildman–Crippen MR) is 28.4 cm³/mol. The Labute approximate surface area is 48.0 Å². The van der Waals surface area contributed by atoms with E-state index in [2.05, 4.69) is 10.1 Å². The maximum atomic E-state index is 10.4. The molecule has 0 unspecified atom stereocenters. The van der Waals surface area contributed by atoms with E-state index in [9.17, 15) is 4.79 Å². The van der Waals surface area contributed by atoms with E-state index in [1.54, 1.807) is 7.05 Å². The van der Waals surface area contributed by atoms with Gasteiger partial charge in [0.15, 0.2) is 0 Å². The fourth-order valence-corrected chi connectivity index (χ4v) is 0.796. The second-order valence-corrected chi connectivity index (χ2v) is 1.91. The first-order valence-electron chi connectivity index (χ1n) is 2.63. The molecule has 0 saturated carbocycles. The van der Waals surface area contributed by atoms with Gasteiger partial charge < -0.3 is 10.1 Å². The molecule has 0 bridgehead atoms. The number of carbonyl (C=O) groups excluding carboxylic acids is 1. The van der Waals surface area contributed by atoms with Gasteiger partial charge in [0, 0.05) is 0 Å². The standard InChI is InChI=1S/C5H9NO2/c1-3-4(6-2)5(7)8-3/h3-4,6H,1-2H3/t3-,4+/m1/s1. The molecule has 1 aliphatic rings. The van der Waals surface area contributed by atoms with Crippen LogP contribution in [-0.2, 0) is 9.53 Å². The van der Waals surface area contributed by atoms with Crippen molar-refractivity contribution in [3.05, 3.63) is 0 Å². The molecule has 0 aromatic heterocycles. The smallest absolute Gasteiger partial charge is 0.327 e. The van der Waals surface area contributed by atoms with Gasteiger partial charge >= 0.3 is 5.97 Å². The number of hydrogen-bond donors (Lipinski definition) is 1. The molecule has 3 nitrogen and oxygen atoms in total. The molecule has 0 aliphatic carbocycles. The lowest BCUT2D eigenvalue weighted by Crippen LogP contribution is -2.55. The zero-order valence-electron chi connectivity index (χ0n) is 4.97. The zero-order valence-corrected chi connectivity index (χ0v) is 4.97. The SMILES string of the molecule is CN[C@@H]1C(=O)O[C@@H]1C. The first-order chi connectivity index (χ1) is 3.75. The molecule has 2 atom stereocenters. The highest BCUT2D eigenvalue weighted by molar-refractivity contribution is 5.81. The van der Waals surface area contributed by atoms with E-state index in [1.165, 1.54) is 0 Å². The Kier molecular flexibility index (Phi) is 1.21. The summed E-state index contributed by atoms with van der Waals surface area (Å²) >= 11 is 0. The van der Waals surface area contributed by atoms with Crippen molar-refractivity contribution >= 4 is 5.97 Å². The van der Waals surface area contributed by atoms with E-state index < -0.39 is 0 Å². The summed E-state index contributed by atoms with van der Waals surface area (Å²) in [6, 6.07) is -0.0602. The van der Waals surface area contributed by atoms with Crippen molar-refractivity contribution in [2.45, 2.75) is 19.1 Å². The second kappa shape index (κ2) is 1.74. The van der Waals surface area contributed by atoms with Crippen LogP contribution in [0, 0.1) is 0 Å². The molecule has 8 heavy (non-hydrogen) atoms. The number of carbonyl (C=O) groups is 1. The van der Waals surface area contributed by atoms with Gasteiger partial charge in [-0.15, -0.1) is 0 Å². The van der Waals surface area contributed by atoms with Gasteiger partial charge in [0.05, 0.1) is 0 Å². The van der Waals surface area contributed by atoms with E-state index in [0.717, 1.165) is 0 Å². The number of ether oxygens (including phenoxy) is 1. The molecular weight excluding hydrogens is 106 g/mol. The number of esters is 1. The third-order valence-electron chi connectivity index (χ3n) is 1.34. The molecule has 3 heteroatoms. The second-order valence-electron chi connectivity index (χ2n) is 1.91. The van der Waals surface area contributed by atoms with Crippen molar-refractivity contribution in [2.24, 2.45) is 0 Å². The van der Waals surface area contributed by atoms with Crippen molar-refractivity contribution in [1.82, 2.24) is 5.32 Å². The molecular formula is C5H9NO2. The highest BCUT2D eigenvalue weighted by Gasteiger charge is 2.37. The predicted octanol–water partition coefficient (Wildman–Crippen LogP) is -0.480. The maximum absolute atomic E-state index is 10.4. The van der Waals surface area contributed by atoms with Gasteiger partial charge in [-0.3, -0.25) is 4.79 Å². The van der Waals surface area contributed by atoms with Gasteiger partial charge in [-0.2, -0.15) is 0 Å². The van der Waals surface area contributed by atoms with Gasteiger partial charge in [0.2, 0.25) is 0 Å². The number of likely N-dealkylation sites (N-methyl/N-ethyl adjacent to an activating group) is 1. The van der Waals surface area contributed by atoms with Crippen LogP contribution in [0.1, 0.15) is 6.92 Å². The first kappa shape index (κ1) is 5.56. The van der Waals surface area contributed by atoms with Crippen LogP contribution in [0.3, 0.4) is 0 Å². The molecule has 46 valence electrons. The van der Waals surface area contributed by atoms with Gasteiger partial charge in [-0.1, -0.05) is 0 Å². The van der Waals surface area contributed by atoms with Crippen LogP contribution >= 0.6 is 0 Å². The molecule has 1 aliphatic heterocycles. The van der Waals surface area contributed by atoms with E-state index in [1.807, 2.05) is 6.92 Å². The summed E-state index contributed by atoms with van der Waals surface area (Å²) in [7, 11) is 1.75. The molecule has 1 N–H and O–H groups in total. The van der Waals surface area contributed by atoms with E-state index in [0.29, 0.717) is 0 Å². The molecule has 0 spiro atoms. The summed E-state index contributed by atoms with van der Waals surface area (Å²) in [6.07, 6.45) is 0.0625. The van der Waals surface area contributed by atoms with Gasteiger partial charge in [0.1, 0.15) is 12.1 Å². The Bertz CT molecular complexity index is 113. The van der Waals surface area contributed by atoms with Crippen LogP contribution in [0.15, 0.2) is 0 Å². The molecule has 1 fully saturated rings. The third kappa shape index (κ3) is 0.591. The fraction of sp³-hybridized carbons (Fsp3) is 0.800. The fourth-order valence-electron chi connectivity index (χ4n) is 0.796. The molecule has 0 aromatic rings. The Morgan fingerprint density at radius 1 is 1.75 bits per heavy atom. The summed E-state index contributed by atoms with van der Waals surface area (Å²) in [5.41, 5.74) is 0. The summed E-state index contributed by atoms with van der Waals surface area (Å²) in [5.74, 6) is -0.139. The van der Waals surface area contributed by atoms with Gasteiger partial charge in [-0.05, 0) is 14.0 Å². The Morgan fingerprint density at radius 3 is 2.50 bits per heavy atom. The van der Waals surface area contributed by atoms with E-state index in [4.69, 9.17) is 0 Å². The third-order valence-corrected chi connectivity index (χ3v) is 1.34. The average molecular weight is 115 g/mol. The molecule has 0 aromatic carbocycles. The summed E-state index contributed by atoms with van der Waals surface area (Å²) in [4.78, 5) is 10.4. The normalized spacial score (nSPS) is 36.0. The zero-order chi connectivity index (χ0) is 6.15. The largest absolute Gasteiger partial charge is 0.459 e.